The largest absolute Gasteiger partial charge is 0.292 e. The molecule has 7 rings (SSSR count). The van der Waals surface area contributed by atoms with Gasteiger partial charge >= 0.3 is 0 Å². The first kappa shape index (κ1) is 36.8. The molecule has 0 atom stereocenters. The molecular weight excluding hydrogens is 855 g/mol. The highest BCUT2D eigenvalue weighted by atomic mass is 79.9. The number of halogens is 4. The Morgan fingerprint density at radius 2 is 1.02 bits per heavy atom. The molecule has 266 valence electrons. The number of hydrazone groups is 2. The van der Waals surface area contributed by atoms with E-state index in [1.165, 1.54) is 21.8 Å². The normalized spacial score (nSPS) is 13.0. The van der Waals surface area contributed by atoms with Crippen molar-refractivity contribution >= 4 is 78.9 Å². The van der Waals surface area contributed by atoms with E-state index in [-0.39, 0.29) is 23.1 Å². The van der Waals surface area contributed by atoms with Gasteiger partial charge < -0.3 is 0 Å². The van der Waals surface area contributed by atoms with Crippen LogP contribution < -0.4 is 21.1 Å². The minimum Gasteiger partial charge on any atom is -0.266 e. The molecule has 0 bridgehead atoms. The van der Waals surface area contributed by atoms with Crippen LogP contribution in [0.3, 0.4) is 0 Å². The van der Waals surface area contributed by atoms with Crippen molar-refractivity contribution in [1.29, 1.82) is 0 Å². The molecule has 2 aliphatic carbocycles. The van der Waals surface area contributed by atoms with Gasteiger partial charge in [-0.15, -0.1) is 11.5 Å². The van der Waals surface area contributed by atoms with Gasteiger partial charge in [-0.3, -0.25) is 19.6 Å². The fourth-order valence-electron chi connectivity index (χ4n) is 5.33. The molecule has 2 aliphatic rings. The quantitative estimate of drug-likeness (QED) is 0.0706. The van der Waals surface area contributed by atoms with Crippen molar-refractivity contribution in [2.24, 2.45) is 10.2 Å². The van der Waals surface area contributed by atoms with Crippen LogP contribution in [0.5, 0.6) is 0 Å². The molecule has 2 heterocycles. The first-order chi connectivity index (χ1) is 26.2. The Kier molecular flexibility index (Phi) is 11.3. The molecule has 0 N–H and O–H groups in total. The van der Waals surface area contributed by atoms with Gasteiger partial charge in [-0.2, -0.15) is 29.8 Å². The van der Waals surface area contributed by atoms with Gasteiger partial charge in [0.1, 0.15) is 21.4 Å². The highest BCUT2D eigenvalue weighted by Crippen LogP contribution is 2.27. The van der Waals surface area contributed by atoms with Crippen molar-refractivity contribution < 1.29 is 0 Å². The zero-order valence-electron chi connectivity index (χ0n) is 28.0. The lowest BCUT2D eigenvalue weighted by atomic mass is 10.1. The van der Waals surface area contributed by atoms with Gasteiger partial charge in [0.05, 0.1) is 49.3 Å². The van der Waals surface area contributed by atoms with E-state index >= 15 is 0 Å². The minimum absolute atomic E-state index is 0.0312. The fourth-order valence-corrected chi connectivity index (χ4v) is 6.31. The van der Waals surface area contributed by atoms with Gasteiger partial charge in [-0.1, -0.05) is 91.5 Å². The second-order valence-electron chi connectivity index (χ2n) is 11.7. The van der Waals surface area contributed by atoms with Crippen molar-refractivity contribution in [3.8, 4) is 11.4 Å². The Hall–Kier alpha value is -5.58. The molecule has 2 aromatic heterocycles. The maximum Gasteiger partial charge on any atom is 0.292 e. The van der Waals surface area contributed by atoms with E-state index in [4.69, 9.17) is 23.2 Å². The summed E-state index contributed by atoms with van der Waals surface area (Å²) in [4.78, 5) is 26.8. The monoisotopic (exact) mass is 878 g/mol. The van der Waals surface area contributed by atoms with Crippen molar-refractivity contribution in [2.75, 3.05) is 10.0 Å². The lowest BCUT2D eigenvalue weighted by Gasteiger charge is -2.22. The Balaban J connectivity index is 1.17. The van der Waals surface area contributed by atoms with Crippen molar-refractivity contribution in [3.05, 3.63) is 195 Å². The Bertz CT molecular complexity index is 2430. The van der Waals surface area contributed by atoms with Gasteiger partial charge in [-0.25, -0.2) is 0 Å². The molecule has 0 amide bonds. The van der Waals surface area contributed by atoms with Crippen molar-refractivity contribution in [3.63, 3.8) is 0 Å². The number of rotatable bonds is 12. The molecule has 0 radical (unpaired) electrons. The van der Waals surface area contributed by atoms with Crippen LogP contribution in [0.1, 0.15) is 11.1 Å². The lowest BCUT2D eigenvalue weighted by Crippen LogP contribution is -2.26. The van der Waals surface area contributed by atoms with E-state index in [0.717, 1.165) is 31.2 Å². The molecule has 0 aliphatic heterocycles. The maximum absolute atomic E-state index is 13.4. The van der Waals surface area contributed by atoms with Crippen LogP contribution in [-0.4, -0.2) is 32.0 Å². The summed E-state index contributed by atoms with van der Waals surface area (Å²) in [6.07, 6.45) is 17.4. The molecule has 5 aromatic rings. The molecule has 54 heavy (non-hydrogen) atoms. The van der Waals surface area contributed by atoms with Gasteiger partial charge in [0, 0.05) is 20.1 Å². The van der Waals surface area contributed by atoms with Crippen LogP contribution in [0.2, 0.25) is 10.0 Å². The Labute approximate surface area is 336 Å². The van der Waals surface area contributed by atoms with Crippen LogP contribution in [0, 0.1) is 0 Å². The number of anilines is 2. The molecule has 14 heteroatoms. The lowest BCUT2D eigenvalue weighted by molar-refractivity contribution is 0.780. The number of benzene rings is 3. The highest BCUT2D eigenvalue weighted by molar-refractivity contribution is 9.10. The number of hydrogen-bond acceptors (Lipinski definition) is 8. The second-order valence-corrected chi connectivity index (χ2v) is 14.3. The number of aromatic nitrogens is 4. The number of hydrogen-bond donors (Lipinski definition) is 0. The molecule has 0 spiro atoms. The Morgan fingerprint density at radius 3 is 1.37 bits per heavy atom. The summed E-state index contributed by atoms with van der Waals surface area (Å²) in [6, 6.07) is 22.1. The molecular formula is C40H26Br2Cl2N8O2. The van der Waals surface area contributed by atoms with Gasteiger partial charge in [0.25, 0.3) is 11.1 Å². The molecule has 10 nitrogen and oxygen atoms in total. The van der Waals surface area contributed by atoms with Gasteiger partial charge in [0.15, 0.2) is 0 Å². The summed E-state index contributed by atoms with van der Waals surface area (Å²) >= 11 is 20.3. The fraction of sp³-hybridized carbons (Fsp3) is 0.0500. The van der Waals surface area contributed by atoms with Gasteiger partial charge in [0.2, 0.25) is 0 Å². The van der Waals surface area contributed by atoms with Crippen LogP contribution in [0.15, 0.2) is 173 Å². The van der Waals surface area contributed by atoms with E-state index in [9.17, 15) is 9.59 Å². The average molecular weight is 881 g/mol. The van der Waals surface area contributed by atoms with Crippen LogP contribution in [-0.2, 0) is 13.1 Å². The van der Waals surface area contributed by atoms with Crippen LogP contribution in [0.4, 0.5) is 11.4 Å². The first-order valence-corrected chi connectivity index (χ1v) is 18.6. The van der Waals surface area contributed by atoms with E-state index < -0.39 is 11.1 Å². The topological polar surface area (TPSA) is 101 Å². The first-order valence-electron chi connectivity index (χ1n) is 16.3. The summed E-state index contributed by atoms with van der Waals surface area (Å²) in [5, 5.41) is 21.4. The minimum atomic E-state index is -0.482. The zero-order valence-corrected chi connectivity index (χ0v) is 32.7. The standard InChI is InChI=1S/C40H26Br2Cl2N8O2/c41-31-13-17-33(18-14-31)51-39(53)37(43)35(23-47-51)49(45-21-27-5-1-2-6-27)25-29-9-11-30(12-10-29)26-50(46-22-28-7-3-4-8-28)36-24-48-52(40(54)38(36)44)34-19-15-32(42)16-20-34/h1-5,7,9-24H,25-26H2/b45-21+,46-22+. The third-order valence-electron chi connectivity index (χ3n) is 8.10. The summed E-state index contributed by atoms with van der Waals surface area (Å²) in [5.41, 5.74) is 10.3. The summed E-state index contributed by atoms with van der Waals surface area (Å²) in [6.45, 7) is 0.526. The highest BCUT2D eigenvalue weighted by Gasteiger charge is 2.19. The zero-order chi connectivity index (χ0) is 37.6. The second kappa shape index (κ2) is 16.6. The van der Waals surface area contributed by atoms with Crippen LogP contribution >= 0.6 is 55.1 Å². The van der Waals surface area contributed by atoms with E-state index in [1.54, 1.807) is 58.9 Å². The smallest absolute Gasteiger partial charge is 0.266 e. The van der Waals surface area contributed by atoms with E-state index in [2.05, 4.69) is 63.7 Å². The van der Waals surface area contributed by atoms with Crippen molar-refractivity contribution in [2.45, 2.75) is 13.1 Å². The molecule has 0 saturated heterocycles. The SMILES string of the molecule is O=c1c(Cl)c(N(Cc2ccc(CN(/N=C/C3=C=CC=C3)c3cnn(-c4ccc(Br)cc4)c(=O)c3Cl)cc2)/N=C/C2=C=CC=C2)cnn1-c1ccc(Br)cc1. The summed E-state index contributed by atoms with van der Waals surface area (Å²) < 4.78 is 4.23. The van der Waals surface area contributed by atoms with E-state index in [1.807, 2.05) is 72.8 Å². The number of allylic oxidation sites excluding steroid dienone is 6. The third kappa shape index (κ3) is 8.46. The van der Waals surface area contributed by atoms with Gasteiger partial charge in [-0.05, 0) is 84.0 Å². The predicted molar refractivity (Wildman–Crippen MR) is 222 cm³/mol. The number of nitrogens with zero attached hydrogens (tertiary/aromatic N) is 8. The average Bonchev–Trinajstić information content (AvgIpc) is 3.91. The third-order valence-corrected chi connectivity index (χ3v) is 9.87. The maximum atomic E-state index is 13.4. The predicted octanol–water partition coefficient (Wildman–Crippen LogP) is 8.90. The molecule has 0 unspecified atom stereocenters. The Morgan fingerprint density at radius 1 is 0.630 bits per heavy atom. The summed E-state index contributed by atoms with van der Waals surface area (Å²) in [5.74, 6) is 0. The molecule has 0 saturated carbocycles. The van der Waals surface area contributed by atoms with Crippen molar-refractivity contribution in [1.82, 2.24) is 19.6 Å². The van der Waals surface area contributed by atoms with E-state index in [0.29, 0.717) is 22.7 Å². The summed E-state index contributed by atoms with van der Waals surface area (Å²) in [7, 11) is 0. The van der Waals surface area contributed by atoms with Crippen LogP contribution in [0.25, 0.3) is 11.4 Å². The molecule has 3 aromatic carbocycles. The molecule has 0 fully saturated rings.